The van der Waals surface area contributed by atoms with Crippen LogP contribution >= 0.6 is 11.6 Å². The van der Waals surface area contributed by atoms with Crippen LogP contribution in [0.2, 0.25) is 5.02 Å². The van der Waals surface area contributed by atoms with E-state index in [2.05, 4.69) is 9.97 Å². The number of hydrogen-bond acceptors (Lipinski definition) is 4. The third kappa shape index (κ3) is 3.08. The summed E-state index contributed by atoms with van der Waals surface area (Å²) in [6.07, 6.45) is 4.81. The number of fused-ring (bicyclic) bond motifs is 1. The van der Waals surface area contributed by atoms with Crippen LogP contribution in [0.4, 0.5) is 5.69 Å². The van der Waals surface area contributed by atoms with Gasteiger partial charge in [-0.15, -0.1) is 0 Å². The number of H-pyrrole nitrogens is 1. The lowest BCUT2D eigenvalue weighted by Gasteiger charge is -2.25. The van der Waals surface area contributed by atoms with Gasteiger partial charge in [0.05, 0.1) is 11.6 Å². The predicted octanol–water partition coefficient (Wildman–Crippen LogP) is 5.15. The van der Waals surface area contributed by atoms with Gasteiger partial charge in [0.15, 0.2) is 0 Å². The number of amides is 1. The van der Waals surface area contributed by atoms with Crippen molar-refractivity contribution in [3.8, 4) is 0 Å². The normalized spacial score (nSPS) is 17.9. The van der Waals surface area contributed by atoms with Crippen molar-refractivity contribution in [2.75, 3.05) is 4.90 Å². The molecular weight excluding hydrogens is 426 g/mol. The van der Waals surface area contributed by atoms with Gasteiger partial charge in [0, 0.05) is 51.3 Å². The summed E-state index contributed by atoms with van der Waals surface area (Å²) in [5.41, 5.74) is 3.32. The molecule has 6 nitrogen and oxygen atoms in total. The highest BCUT2D eigenvalue weighted by Gasteiger charge is 2.47. The van der Waals surface area contributed by atoms with Gasteiger partial charge in [-0.1, -0.05) is 35.9 Å². The Hall–Kier alpha value is -3.90. The zero-order valence-corrected chi connectivity index (χ0v) is 17.8. The summed E-state index contributed by atoms with van der Waals surface area (Å²) in [6.45, 7) is 1.86. The van der Waals surface area contributed by atoms with Crippen LogP contribution in [0.3, 0.4) is 0 Å². The first-order valence-corrected chi connectivity index (χ1v) is 10.4. The van der Waals surface area contributed by atoms with Crippen molar-refractivity contribution in [2.24, 2.45) is 0 Å². The molecule has 1 aliphatic heterocycles. The first kappa shape index (κ1) is 20.0. The monoisotopic (exact) mass is 443 g/mol. The second kappa shape index (κ2) is 7.66. The number of hydrogen-bond donors (Lipinski definition) is 2. The van der Waals surface area contributed by atoms with Crippen LogP contribution in [0, 0.1) is 6.92 Å². The molecule has 7 heteroatoms. The Labute approximate surface area is 188 Å². The van der Waals surface area contributed by atoms with Crippen molar-refractivity contribution in [1.82, 2.24) is 9.97 Å². The molecule has 158 valence electrons. The molecule has 0 aliphatic carbocycles. The number of aromatic amines is 1. The van der Waals surface area contributed by atoms with Gasteiger partial charge in [-0.3, -0.25) is 19.5 Å². The third-order valence-corrected chi connectivity index (χ3v) is 6.15. The fraction of sp³-hybridized carbons (Fsp3) is 0.0800. The summed E-state index contributed by atoms with van der Waals surface area (Å²) >= 11 is 6.34. The Morgan fingerprint density at radius 2 is 1.84 bits per heavy atom. The molecule has 3 heterocycles. The molecule has 1 saturated heterocycles. The number of aryl methyl sites for hydroxylation is 1. The Balaban J connectivity index is 1.79. The lowest BCUT2D eigenvalue weighted by Crippen LogP contribution is -2.29. The van der Waals surface area contributed by atoms with E-state index in [0.717, 1.165) is 16.5 Å². The molecular formula is C25H18ClN3O3. The molecule has 1 amide bonds. The number of aliphatic hydroxyl groups excluding tert-OH is 1. The smallest absolute Gasteiger partial charge is 0.300 e. The number of anilines is 1. The maximum atomic E-state index is 13.3. The quantitative estimate of drug-likeness (QED) is 0.260. The van der Waals surface area contributed by atoms with E-state index in [0.29, 0.717) is 21.8 Å². The molecule has 1 aliphatic rings. The predicted molar refractivity (Wildman–Crippen MR) is 124 cm³/mol. The van der Waals surface area contributed by atoms with Crippen molar-refractivity contribution in [2.45, 2.75) is 13.0 Å². The second-order valence-corrected chi connectivity index (χ2v) is 8.04. The number of carbonyl (C=O) groups excluding carboxylic acids is 2. The van der Waals surface area contributed by atoms with E-state index in [1.807, 2.05) is 31.2 Å². The molecule has 1 unspecified atom stereocenters. The van der Waals surface area contributed by atoms with Crippen molar-refractivity contribution in [1.29, 1.82) is 0 Å². The van der Waals surface area contributed by atoms with E-state index in [4.69, 9.17) is 11.6 Å². The summed E-state index contributed by atoms with van der Waals surface area (Å²) in [7, 11) is 0. The Kier molecular flexibility index (Phi) is 4.79. The number of Topliss-reactive ketones (excluding diaryl/α,β-unsaturated/α-hetero) is 1. The number of ketones is 1. The number of para-hydroxylation sites is 1. The Morgan fingerprint density at radius 3 is 2.59 bits per heavy atom. The molecule has 0 saturated carbocycles. The van der Waals surface area contributed by atoms with Crippen LogP contribution in [-0.2, 0) is 9.59 Å². The summed E-state index contributed by atoms with van der Waals surface area (Å²) in [6, 6.07) is 15.2. The summed E-state index contributed by atoms with van der Waals surface area (Å²) in [4.78, 5) is 35.0. The van der Waals surface area contributed by atoms with Crippen LogP contribution in [0.25, 0.3) is 16.7 Å². The number of benzene rings is 2. The minimum Gasteiger partial charge on any atom is -0.507 e. The maximum Gasteiger partial charge on any atom is 0.300 e. The molecule has 2 aromatic heterocycles. The minimum absolute atomic E-state index is 0.0163. The van der Waals surface area contributed by atoms with Gasteiger partial charge in [0.2, 0.25) is 0 Å². The summed E-state index contributed by atoms with van der Waals surface area (Å²) in [5.74, 6) is -1.73. The average molecular weight is 444 g/mol. The molecule has 1 atom stereocenters. The van der Waals surface area contributed by atoms with E-state index in [1.165, 1.54) is 17.3 Å². The van der Waals surface area contributed by atoms with Crippen molar-refractivity contribution in [3.05, 3.63) is 100 Å². The fourth-order valence-corrected chi connectivity index (χ4v) is 4.28. The van der Waals surface area contributed by atoms with E-state index < -0.39 is 17.7 Å². The molecule has 1 fully saturated rings. The molecule has 0 radical (unpaired) electrons. The molecule has 4 aromatic rings. The SMILES string of the molecule is Cc1ccc(N2C(=O)C(=O)/C(=C(/O)c3ccncc3)C2c2c[nH]c3ccccc23)cc1Cl. The van der Waals surface area contributed by atoms with E-state index >= 15 is 0 Å². The van der Waals surface area contributed by atoms with Crippen LogP contribution in [-0.4, -0.2) is 26.8 Å². The van der Waals surface area contributed by atoms with Crippen molar-refractivity contribution >= 4 is 45.6 Å². The van der Waals surface area contributed by atoms with Crippen molar-refractivity contribution in [3.63, 3.8) is 0 Å². The fourth-order valence-electron chi connectivity index (χ4n) is 4.11. The van der Waals surface area contributed by atoms with Gasteiger partial charge in [0.1, 0.15) is 5.76 Å². The van der Waals surface area contributed by atoms with E-state index in [1.54, 1.807) is 36.5 Å². The van der Waals surface area contributed by atoms with Crippen LogP contribution in [0.5, 0.6) is 0 Å². The molecule has 0 bridgehead atoms. The van der Waals surface area contributed by atoms with E-state index in [9.17, 15) is 14.7 Å². The topological polar surface area (TPSA) is 86.3 Å². The largest absolute Gasteiger partial charge is 0.507 e. The average Bonchev–Trinajstić information content (AvgIpc) is 3.35. The molecule has 32 heavy (non-hydrogen) atoms. The highest BCUT2D eigenvalue weighted by atomic mass is 35.5. The van der Waals surface area contributed by atoms with Gasteiger partial charge in [-0.25, -0.2) is 0 Å². The number of halogens is 1. The molecule has 2 aromatic carbocycles. The standard InChI is InChI=1S/C25H18ClN3O3/c1-14-6-7-16(12-19(14)26)29-22(18-13-28-20-5-3-2-4-17(18)20)21(24(31)25(29)32)23(30)15-8-10-27-11-9-15/h2-13,22,28,30H,1H3/b23-21+. The Morgan fingerprint density at radius 1 is 1.09 bits per heavy atom. The summed E-state index contributed by atoms with van der Waals surface area (Å²) in [5, 5.41) is 12.5. The first-order valence-electron chi connectivity index (χ1n) is 10.0. The second-order valence-electron chi connectivity index (χ2n) is 7.63. The highest BCUT2D eigenvalue weighted by molar-refractivity contribution is 6.52. The minimum atomic E-state index is -0.835. The molecule has 5 rings (SSSR count). The highest BCUT2D eigenvalue weighted by Crippen LogP contribution is 2.44. The number of rotatable bonds is 3. The first-order chi connectivity index (χ1) is 15.5. The summed E-state index contributed by atoms with van der Waals surface area (Å²) < 4.78 is 0. The van der Waals surface area contributed by atoms with Crippen molar-refractivity contribution < 1.29 is 14.7 Å². The van der Waals surface area contributed by atoms with Gasteiger partial charge < -0.3 is 10.1 Å². The van der Waals surface area contributed by atoms with Crippen LogP contribution < -0.4 is 4.90 Å². The number of pyridine rings is 1. The van der Waals surface area contributed by atoms with Crippen LogP contribution in [0.1, 0.15) is 22.7 Å². The van der Waals surface area contributed by atoms with Gasteiger partial charge >= 0.3 is 0 Å². The number of nitrogens with one attached hydrogen (secondary N) is 1. The number of aliphatic hydroxyl groups is 1. The zero-order chi connectivity index (χ0) is 22.4. The van der Waals surface area contributed by atoms with E-state index in [-0.39, 0.29) is 11.3 Å². The van der Waals surface area contributed by atoms with Gasteiger partial charge in [-0.2, -0.15) is 0 Å². The lowest BCUT2D eigenvalue weighted by atomic mass is 9.95. The number of carbonyl (C=O) groups is 2. The van der Waals surface area contributed by atoms with Gasteiger partial charge in [0.25, 0.3) is 11.7 Å². The number of aromatic nitrogens is 2. The van der Waals surface area contributed by atoms with Crippen LogP contribution in [0.15, 0.2) is 78.8 Å². The maximum absolute atomic E-state index is 13.3. The molecule has 0 spiro atoms. The lowest BCUT2D eigenvalue weighted by molar-refractivity contribution is -0.132. The number of nitrogens with zero attached hydrogens (tertiary/aromatic N) is 2. The van der Waals surface area contributed by atoms with Gasteiger partial charge in [-0.05, 0) is 42.8 Å². The zero-order valence-electron chi connectivity index (χ0n) is 17.0. The third-order valence-electron chi connectivity index (χ3n) is 5.75. The molecule has 2 N–H and O–H groups in total. The Bertz CT molecular complexity index is 1410.